The van der Waals surface area contributed by atoms with Crippen LogP contribution in [0.3, 0.4) is 0 Å². The Hall–Kier alpha value is -2.64. The van der Waals surface area contributed by atoms with E-state index in [1.165, 1.54) is 0 Å². The third-order valence-electron chi connectivity index (χ3n) is 2.64. The highest BCUT2D eigenvalue weighted by Crippen LogP contribution is 1.98. The summed E-state index contributed by atoms with van der Waals surface area (Å²) in [5, 5.41) is 22.1. The fourth-order valence-electron chi connectivity index (χ4n) is 1.58. The number of carbonyl (C=O) groups is 3. The zero-order valence-corrected chi connectivity index (χ0v) is 11.3. The molecule has 0 saturated carbocycles. The molecule has 0 fully saturated rings. The molecule has 0 radical (unpaired) electrons. The van der Waals surface area contributed by atoms with Crippen LogP contribution >= 0.6 is 0 Å². The summed E-state index contributed by atoms with van der Waals surface area (Å²) in [7, 11) is 0. The van der Waals surface area contributed by atoms with Gasteiger partial charge in [-0.1, -0.05) is 6.07 Å². The van der Waals surface area contributed by atoms with E-state index in [2.05, 4.69) is 15.6 Å². The summed E-state index contributed by atoms with van der Waals surface area (Å²) in [5.74, 6) is -2.38. The van der Waals surface area contributed by atoms with Crippen molar-refractivity contribution in [3.8, 4) is 0 Å². The first-order valence-corrected chi connectivity index (χ1v) is 6.38. The van der Waals surface area contributed by atoms with Crippen molar-refractivity contribution in [2.45, 2.75) is 25.3 Å². The molecule has 1 heterocycles. The Bertz CT molecular complexity index is 492. The molecule has 1 atom stereocenters. The molecule has 21 heavy (non-hydrogen) atoms. The maximum Gasteiger partial charge on any atom is 0.326 e. The zero-order valence-electron chi connectivity index (χ0n) is 11.3. The first-order chi connectivity index (χ1) is 9.99. The summed E-state index contributed by atoms with van der Waals surface area (Å²) in [6.45, 7) is 0.300. The van der Waals surface area contributed by atoms with Crippen LogP contribution in [0.4, 0.5) is 4.79 Å². The Morgan fingerprint density at radius 2 is 2.00 bits per heavy atom. The predicted molar refractivity (Wildman–Crippen MR) is 72.8 cm³/mol. The molecule has 4 N–H and O–H groups in total. The Morgan fingerprint density at radius 1 is 1.24 bits per heavy atom. The SMILES string of the molecule is O=C(O)CCC(NC(=O)NCCc1ccccn1)C(=O)O. The molecule has 114 valence electrons. The second kappa shape index (κ2) is 8.51. The van der Waals surface area contributed by atoms with Crippen molar-refractivity contribution in [2.75, 3.05) is 6.54 Å². The van der Waals surface area contributed by atoms with Gasteiger partial charge in [0, 0.05) is 31.3 Å². The minimum absolute atomic E-state index is 0.168. The molecule has 0 bridgehead atoms. The summed E-state index contributed by atoms with van der Waals surface area (Å²) >= 11 is 0. The quantitative estimate of drug-likeness (QED) is 0.544. The van der Waals surface area contributed by atoms with E-state index in [1.807, 2.05) is 12.1 Å². The number of rotatable bonds is 8. The molecule has 0 aliphatic heterocycles. The van der Waals surface area contributed by atoms with Crippen molar-refractivity contribution >= 4 is 18.0 Å². The van der Waals surface area contributed by atoms with Gasteiger partial charge in [0.1, 0.15) is 6.04 Å². The molecule has 1 aromatic rings. The minimum Gasteiger partial charge on any atom is -0.481 e. The van der Waals surface area contributed by atoms with Gasteiger partial charge in [0.05, 0.1) is 0 Å². The summed E-state index contributed by atoms with van der Waals surface area (Å²) in [4.78, 5) is 36.9. The number of amides is 2. The van der Waals surface area contributed by atoms with Crippen LogP contribution in [0.2, 0.25) is 0 Å². The van der Waals surface area contributed by atoms with Gasteiger partial charge >= 0.3 is 18.0 Å². The summed E-state index contributed by atoms with van der Waals surface area (Å²) in [6.07, 6.45) is 1.66. The number of urea groups is 1. The summed E-state index contributed by atoms with van der Waals surface area (Å²) in [5.41, 5.74) is 0.804. The lowest BCUT2D eigenvalue weighted by Gasteiger charge is -2.14. The highest BCUT2D eigenvalue weighted by atomic mass is 16.4. The zero-order chi connectivity index (χ0) is 15.7. The molecule has 1 unspecified atom stereocenters. The Labute approximate surface area is 121 Å². The molecule has 8 nitrogen and oxygen atoms in total. The molecule has 1 rings (SSSR count). The van der Waals surface area contributed by atoms with Gasteiger partial charge in [0.2, 0.25) is 0 Å². The highest BCUT2D eigenvalue weighted by molar-refractivity contribution is 5.82. The largest absolute Gasteiger partial charge is 0.481 e. The maximum absolute atomic E-state index is 11.5. The van der Waals surface area contributed by atoms with Crippen LogP contribution in [0.25, 0.3) is 0 Å². The van der Waals surface area contributed by atoms with Crippen molar-refractivity contribution in [1.29, 1.82) is 0 Å². The second-order valence-electron chi connectivity index (χ2n) is 4.29. The Balaban J connectivity index is 2.33. The number of aromatic nitrogens is 1. The van der Waals surface area contributed by atoms with Gasteiger partial charge in [-0.05, 0) is 18.6 Å². The average molecular weight is 295 g/mol. The first-order valence-electron chi connectivity index (χ1n) is 6.38. The van der Waals surface area contributed by atoms with Crippen molar-refractivity contribution < 1.29 is 24.6 Å². The molecule has 2 amide bonds. The normalized spacial score (nSPS) is 11.4. The number of nitrogens with zero attached hydrogens (tertiary/aromatic N) is 1. The van der Waals surface area contributed by atoms with Gasteiger partial charge in [-0.25, -0.2) is 9.59 Å². The molecular weight excluding hydrogens is 278 g/mol. The molecular formula is C13H17N3O5. The van der Waals surface area contributed by atoms with Crippen molar-refractivity contribution in [2.24, 2.45) is 0 Å². The lowest BCUT2D eigenvalue weighted by Crippen LogP contribution is -2.46. The van der Waals surface area contributed by atoms with E-state index in [-0.39, 0.29) is 12.8 Å². The fraction of sp³-hybridized carbons (Fsp3) is 0.385. The van der Waals surface area contributed by atoms with E-state index in [1.54, 1.807) is 12.3 Å². The van der Waals surface area contributed by atoms with Crippen LogP contribution in [0.5, 0.6) is 0 Å². The van der Waals surface area contributed by atoms with Crippen LogP contribution in [0.15, 0.2) is 24.4 Å². The average Bonchev–Trinajstić information content (AvgIpc) is 2.44. The number of hydrogen-bond donors (Lipinski definition) is 4. The van der Waals surface area contributed by atoms with Gasteiger partial charge < -0.3 is 20.8 Å². The minimum atomic E-state index is -1.27. The maximum atomic E-state index is 11.5. The third kappa shape index (κ3) is 6.90. The smallest absolute Gasteiger partial charge is 0.326 e. The molecule has 1 aromatic heterocycles. The van der Waals surface area contributed by atoms with Crippen molar-refractivity contribution in [3.63, 3.8) is 0 Å². The monoisotopic (exact) mass is 295 g/mol. The van der Waals surface area contributed by atoms with Crippen LogP contribution in [0, 0.1) is 0 Å². The van der Waals surface area contributed by atoms with Gasteiger partial charge in [-0.15, -0.1) is 0 Å². The molecule has 8 heteroatoms. The van der Waals surface area contributed by atoms with E-state index in [0.29, 0.717) is 13.0 Å². The number of aliphatic carboxylic acids is 2. The van der Waals surface area contributed by atoms with Crippen LogP contribution in [-0.4, -0.2) is 45.8 Å². The van der Waals surface area contributed by atoms with Crippen LogP contribution in [0.1, 0.15) is 18.5 Å². The molecule has 0 aromatic carbocycles. The molecule has 0 spiro atoms. The number of carbonyl (C=O) groups excluding carboxylic acids is 1. The van der Waals surface area contributed by atoms with E-state index < -0.39 is 24.0 Å². The highest BCUT2D eigenvalue weighted by Gasteiger charge is 2.20. The molecule has 0 aliphatic carbocycles. The van der Waals surface area contributed by atoms with E-state index >= 15 is 0 Å². The van der Waals surface area contributed by atoms with Crippen LogP contribution < -0.4 is 10.6 Å². The second-order valence-corrected chi connectivity index (χ2v) is 4.29. The number of nitrogens with one attached hydrogen (secondary N) is 2. The number of hydrogen-bond acceptors (Lipinski definition) is 4. The Morgan fingerprint density at radius 3 is 2.57 bits per heavy atom. The lowest BCUT2D eigenvalue weighted by molar-refractivity contribution is -0.140. The fourth-order valence-corrected chi connectivity index (χ4v) is 1.58. The van der Waals surface area contributed by atoms with E-state index in [4.69, 9.17) is 10.2 Å². The lowest BCUT2D eigenvalue weighted by atomic mass is 10.1. The Kier molecular flexibility index (Phi) is 6.66. The molecule has 0 aliphatic rings. The van der Waals surface area contributed by atoms with Crippen molar-refractivity contribution in [3.05, 3.63) is 30.1 Å². The number of pyridine rings is 1. The van der Waals surface area contributed by atoms with Gasteiger partial charge in [-0.3, -0.25) is 9.78 Å². The number of carboxylic acids is 2. The topological polar surface area (TPSA) is 129 Å². The van der Waals surface area contributed by atoms with Crippen LogP contribution in [-0.2, 0) is 16.0 Å². The standard InChI is InChI=1S/C13H17N3O5/c17-11(18)5-4-10(12(19)20)16-13(21)15-8-6-9-3-1-2-7-14-9/h1-3,7,10H,4-6,8H2,(H,17,18)(H,19,20)(H2,15,16,21). The summed E-state index contributed by atoms with van der Waals surface area (Å²) < 4.78 is 0. The van der Waals surface area contributed by atoms with Gasteiger partial charge in [0.15, 0.2) is 0 Å². The van der Waals surface area contributed by atoms with E-state index in [9.17, 15) is 14.4 Å². The third-order valence-corrected chi connectivity index (χ3v) is 2.64. The van der Waals surface area contributed by atoms with E-state index in [0.717, 1.165) is 5.69 Å². The van der Waals surface area contributed by atoms with Crippen molar-refractivity contribution in [1.82, 2.24) is 15.6 Å². The molecule has 0 saturated heterocycles. The first kappa shape index (κ1) is 16.4. The van der Waals surface area contributed by atoms with Gasteiger partial charge in [-0.2, -0.15) is 0 Å². The predicted octanol–water partition coefficient (Wildman–Crippen LogP) is 0.241. The van der Waals surface area contributed by atoms with Gasteiger partial charge in [0.25, 0.3) is 0 Å². The number of carboxylic acid groups (broad SMARTS) is 2. The summed E-state index contributed by atoms with van der Waals surface area (Å²) in [6, 6.07) is 3.55.